The van der Waals surface area contributed by atoms with Crippen LogP contribution in [-0.2, 0) is 0 Å². The van der Waals surface area contributed by atoms with Crippen molar-refractivity contribution >= 4 is 0 Å². The molecule has 0 spiro atoms. The maximum Gasteiger partial charge on any atom is 0.00145 e. The van der Waals surface area contributed by atoms with Crippen molar-refractivity contribution in [2.45, 2.75) is 47.5 Å². The van der Waals surface area contributed by atoms with E-state index in [2.05, 4.69) is 46.5 Å². The number of hydrogen-bond acceptors (Lipinski definition) is 1. The molecule has 0 amide bonds. The molecule has 0 radical (unpaired) electrons. The van der Waals surface area contributed by atoms with Crippen molar-refractivity contribution in [1.29, 1.82) is 0 Å². The van der Waals surface area contributed by atoms with Gasteiger partial charge in [-0.3, -0.25) is 0 Å². The summed E-state index contributed by atoms with van der Waals surface area (Å²) in [5.41, 5.74) is 5.92. The van der Waals surface area contributed by atoms with E-state index in [1.807, 2.05) is 13.1 Å². The van der Waals surface area contributed by atoms with Crippen LogP contribution in [-0.4, -0.2) is 13.6 Å². The van der Waals surface area contributed by atoms with Gasteiger partial charge in [0.1, 0.15) is 0 Å². The zero-order chi connectivity index (χ0) is 13.4. The first-order valence-electron chi connectivity index (χ1n) is 6.55. The lowest BCUT2D eigenvalue weighted by Gasteiger charge is -2.22. The highest BCUT2D eigenvalue weighted by Gasteiger charge is 2.15. The largest absolute Gasteiger partial charge is 0.319 e. The smallest absolute Gasteiger partial charge is 0.00145 e. The van der Waals surface area contributed by atoms with Crippen LogP contribution in [0.4, 0.5) is 0 Å². The third kappa shape index (κ3) is 5.36. The van der Waals surface area contributed by atoms with Crippen LogP contribution in [0.5, 0.6) is 0 Å². The molecule has 0 saturated heterocycles. The van der Waals surface area contributed by atoms with Crippen LogP contribution >= 0.6 is 0 Å². The molecule has 0 aromatic carbocycles. The van der Waals surface area contributed by atoms with Crippen LogP contribution in [0, 0.1) is 5.92 Å². The van der Waals surface area contributed by atoms with E-state index in [0.717, 1.165) is 19.4 Å². The van der Waals surface area contributed by atoms with Gasteiger partial charge in [-0.1, -0.05) is 24.1 Å². The van der Waals surface area contributed by atoms with Crippen LogP contribution < -0.4 is 5.32 Å². The van der Waals surface area contributed by atoms with Crippen molar-refractivity contribution in [3.63, 3.8) is 0 Å². The highest BCUT2D eigenvalue weighted by molar-refractivity contribution is 5.38. The van der Waals surface area contributed by atoms with Gasteiger partial charge in [-0.2, -0.15) is 0 Å². The van der Waals surface area contributed by atoms with Crippen molar-refractivity contribution in [3.05, 3.63) is 34.9 Å². The molecule has 1 unspecified atom stereocenters. The Labute approximate surface area is 108 Å². The van der Waals surface area contributed by atoms with Crippen molar-refractivity contribution in [2.75, 3.05) is 13.6 Å². The van der Waals surface area contributed by atoms with Gasteiger partial charge in [0, 0.05) is 6.54 Å². The molecule has 98 valence electrons. The fourth-order valence-corrected chi connectivity index (χ4v) is 2.40. The summed E-state index contributed by atoms with van der Waals surface area (Å²) in [7, 11) is 2.02. The molecular weight excluding hydrogens is 206 g/mol. The maximum atomic E-state index is 3.83. The van der Waals surface area contributed by atoms with Crippen LogP contribution in [0.3, 0.4) is 0 Å². The van der Waals surface area contributed by atoms with Crippen LogP contribution in [0.15, 0.2) is 34.9 Å². The summed E-state index contributed by atoms with van der Waals surface area (Å²) in [5, 5.41) is 3.28. The molecule has 17 heavy (non-hydrogen) atoms. The van der Waals surface area contributed by atoms with E-state index in [0.29, 0.717) is 5.92 Å². The summed E-state index contributed by atoms with van der Waals surface area (Å²) >= 11 is 0. The number of hydrogen-bond donors (Lipinski definition) is 1. The summed E-state index contributed by atoms with van der Waals surface area (Å²) in [6.07, 6.45) is 4.18. The van der Waals surface area contributed by atoms with Crippen molar-refractivity contribution < 1.29 is 0 Å². The van der Waals surface area contributed by atoms with Gasteiger partial charge in [-0.05, 0) is 64.6 Å². The Morgan fingerprint density at radius 2 is 1.76 bits per heavy atom. The molecule has 0 saturated carbocycles. The van der Waals surface area contributed by atoms with Gasteiger partial charge in [0.05, 0.1) is 0 Å². The molecule has 0 aromatic heterocycles. The van der Waals surface area contributed by atoms with E-state index in [9.17, 15) is 0 Å². The molecular formula is C16H29N. The van der Waals surface area contributed by atoms with E-state index in [-0.39, 0.29) is 0 Å². The quantitative estimate of drug-likeness (QED) is 0.507. The van der Waals surface area contributed by atoms with E-state index in [4.69, 9.17) is 0 Å². The molecule has 0 bridgehead atoms. The molecule has 0 heterocycles. The molecule has 0 fully saturated rings. The lowest BCUT2D eigenvalue weighted by atomic mass is 9.85. The van der Waals surface area contributed by atoms with Gasteiger partial charge < -0.3 is 5.32 Å². The average molecular weight is 235 g/mol. The number of allylic oxidation sites excluding steroid dienone is 4. The predicted molar refractivity (Wildman–Crippen MR) is 79.3 cm³/mol. The first kappa shape index (κ1) is 16.2. The second kappa shape index (κ2) is 8.30. The molecule has 0 rings (SSSR count). The Bertz CT molecular complexity index is 299. The number of nitrogens with one attached hydrogen (secondary N) is 1. The fraction of sp³-hybridized carbons (Fsp3) is 0.625. The predicted octanol–water partition coefficient (Wildman–Crippen LogP) is 4.48. The molecule has 1 atom stereocenters. The van der Waals surface area contributed by atoms with Crippen molar-refractivity contribution in [3.8, 4) is 0 Å². The zero-order valence-corrected chi connectivity index (χ0v) is 12.5. The van der Waals surface area contributed by atoms with Gasteiger partial charge in [0.15, 0.2) is 0 Å². The van der Waals surface area contributed by atoms with E-state index in [1.54, 1.807) is 0 Å². The summed E-state index contributed by atoms with van der Waals surface area (Å²) in [6, 6.07) is 0. The van der Waals surface area contributed by atoms with Gasteiger partial charge >= 0.3 is 0 Å². The molecule has 0 aliphatic carbocycles. The highest BCUT2D eigenvalue weighted by Crippen LogP contribution is 2.29. The Balaban J connectivity index is 5.22. The normalized spacial score (nSPS) is 11.9. The third-order valence-corrected chi connectivity index (χ3v) is 3.07. The van der Waals surface area contributed by atoms with E-state index >= 15 is 0 Å². The fourth-order valence-electron chi connectivity index (χ4n) is 2.40. The van der Waals surface area contributed by atoms with Crippen LogP contribution in [0.1, 0.15) is 47.5 Å². The minimum atomic E-state index is 0.569. The van der Waals surface area contributed by atoms with Gasteiger partial charge in [-0.25, -0.2) is 0 Å². The van der Waals surface area contributed by atoms with Crippen molar-refractivity contribution in [1.82, 2.24) is 5.32 Å². The van der Waals surface area contributed by atoms with Crippen LogP contribution in [0.25, 0.3) is 0 Å². The van der Waals surface area contributed by atoms with Gasteiger partial charge in [0.25, 0.3) is 0 Å². The lowest BCUT2D eigenvalue weighted by molar-refractivity contribution is 0.612. The SMILES string of the molecule is C=CCCC(=C(C)C)C(=C(C)C)C(C)CNC. The minimum absolute atomic E-state index is 0.569. The van der Waals surface area contributed by atoms with E-state index < -0.39 is 0 Å². The summed E-state index contributed by atoms with van der Waals surface area (Å²) in [4.78, 5) is 0. The van der Waals surface area contributed by atoms with E-state index in [1.165, 1.54) is 22.3 Å². The Morgan fingerprint density at radius 1 is 1.18 bits per heavy atom. The summed E-state index contributed by atoms with van der Waals surface area (Å²) < 4.78 is 0. The molecule has 0 aliphatic rings. The van der Waals surface area contributed by atoms with Gasteiger partial charge in [0.2, 0.25) is 0 Å². The lowest BCUT2D eigenvalue weighted by Crippen LogP contribution is -2.20. The maximum absolute atomic E-state index is 3.83. The molecule has 0 aliphatic heterocycles. The van der Waals surface area contributed by atoms with Crippen molar-refractivity contribution in [2.24, 2.45) is 5.92 Å². The molecule has 0 aromatic rings. The van der Waals surface area contributed by atoms with Gasteiger partial charge in [-0.15, -0.1) is 6.58 Å². The second-order valence-corrected chi connectivity index (χ2v) is 5.18. The molecule has 1 N–H and O–H groups in total. The van der Waals surface area contributed by atoms with Crippen LogP contribution in [0.2, 0.25) is 0 Å². The number of rotatable bonds is 7. The zero-order valence-electron chi connectivity index (χ0n) is 12.5. The topological polar surface area (TPSA) is 12.0 Å². The third-order valence-electron chi connectivity index (χ3n) is 3.07. The highest BCUT2D eigenvalue weighted by atomic mass is 14.8. The molecule has 1 heteroatoms. The minimum Gasteiger partial charge on any atom is -0.319 e. The monoisotopic (exact) mass is 235 g/mol. The Hall–Kier alpha value is -0.820. The summed E-state index contributed by atoms with van der Waals surface area (Å²) in [6.45, 7) is 16.0. The Morgan fingerprint density at radius 3 is 2.12 bits per heavy atom. The standard InChI is InChI=1S/C16H29N/c1-8-9-10-15(12(2)3)16(13(4)5)14(6)11-17-7/h8,14,17H,1,9-11H2,2-7H3. The average Bonchev–Trinajstić information content (AvgIpc) is 2.23. The second-order valence-electron chi connectivity index (χ2n) is 5.18. The first-order valence-corrected chi connectivity index (χ1v) is 6.55. The first-order chi connectivity index (χ1) is 7.95. The summed E-state index contributed by atoms with van der Waals surface area (Å²) in [5.74, 6) is 0.569. The Kier molecular flexibility index (Phi) is 7.90. The molecule has 1 nitrogen and oxygen atoms in total.